The zero-order chi connectivity index (χ0) is 18.6. The summed E-state index contributed by atoms with van der Waals surface area (Å²) in [5.74, 6) is 2.10. The molecule has 8 nitrogen and oxygen atoms in total. The van der Waals surface area contributed by atoms with Crippen molar-refractivity contribution in [1.29, 1.82) is 0 Å². The Bertz CT molecular complexity index is 848. The number of likely N-dealkylation sites (tertiary alicyclic amines) is 1. The number of nitrogens with one attached hydrogen (secondary N) is 1. The lowest BCUT2D eigenvalue weighted by atomic mass is 9.98. The summed E-state index contributed by atoms with van der Waals surface area (Å²) in [6, 6.07) is 0.585. The van der Waals surface area contributed by atoms with Gasteiger partial charge in [0.25, 0.3) is 0 Å². The molecule has 2 aromatic rings. The lowest BCUT2D eigenvalue weighted by molar-refractivity contribution is -0.127. The average Bonchev–Trinajstić information content (AvgIpc) is 3.25. The number of carbonyl (C=O) groups is 1. The quantitative estimate of drug-likeness (QED) is 0.873. The van der Waals surface area contributed by atoms with Crippen LogP contribution >= 0.6 is 0 Å². The molecule has 2 aromatic heterocycles. The number of hydrogen-bond acceptors (Lipinski definition) is 5. The van der Waals surface area contributed by atoms with Gasteiger partial charge in [-0.3, -0.25) is 9.48 Å². The summed E-state index contributed by atoms with van der Waals surface area (Å²) in [5, 5.41) is 16.7. The summed E-state index contributed by atoms with van der Waals surface area (Å²) in [7, 11) is 3.84. The molecule has 0 spiro atoms. The van der Waals surface area contributed by atoms with E-state index in [0.717, 1.165) is 28.6 Å². The zero-order valence-electron chi connectivity index (χ0n) is 16.2. The van der Waals surface area contributed by atoms with Crippen molar-refractivity contribution in [2.75, 3.05) is 7.05 Å². The fourth-order valence-corrected chi connectivity index (χ4v) is 4.23. The molecule has 0 aromatic carbocycles. The van der Waals surface area contributed by atoms with E-state index in [0.29, 0.717) is 19.0 Å². The van der Waals surface area contributed by atoms with Crippen molar-refractivity contribution in [3.8, 4) is 0 Å². The zero-order valence-corrected chi connectivity index (χ0v) is 16.2. The van der Waals surface area contributed by atoms with E-state index in [4.69, 9.17) is 0 Å². The van der Waals surface area contributed by atoms with Crippen LogP contribution in [0.25, 0.3) is 0 Å². The second-order valence-corrected chi connectivity index (χ2v) is 7.61. The van der Waals surface area contributed by atoms with E-state index >= 15 is 0 Å². The minimum absolute atomic E-state index is 0.00501. The predicted octanol–water partition coefficient (Wildman–Crippen LogP) is 1.33. The highest BCUT2D eigenvalue weighted by Gasteiger charge is 2.41. The van der Waals surface area contributed by atoms with Gasteiger partial charge in [-0.15, -0.1) is 10.2 Å². The van der Waals surface area contributed by atoms with Crippen LogP contribution in [-0.2, 0) is 18.4 Å². The molecule has 0 bridgehead atoms. The first-order valence-electron chi connectivity index (χ1n) is 9.28. The van der Waals surface area contributed by atoms with Crippen LogP contribution in [0.1, 0.15) is 59.9 Å². The smallest absolute Gasteiger partial charge is 0.224 e. The molecule has 3 heterocycles. The first kappa shape index (κ1) is 17.2. The molecule has 1 amide bonds. The summed E-state index contributed by atoms with van der Waals surface area (Å²) >= 11 is 0. The normalized spacial score (nSPS) is 23.3. The highest BCUT2D eigenvalue weighted by molar-refractivity contribution is 5.80. The van der Waals surface area contributed by atoms with Crippen molar-refractivity contribution in [2.45, 2.75) is 64.7 Å². The van der Waals surface area contributed by atoms with Crippen molar-refractivity contribution in [1.82, 2.24) is 34.8 Å². The van der Waals surface area contributed by atoms with E-state index in [2.05, 4.69) is 32.1 Å². The van der Waals surface area contributed by atoms with Crippen LogP contribution in [0.4, 0.5) is 0 Å². The highest BCUT2D eigenvalue weighted by atomic mass is 16.2. The Kier molecular flexibility index (Phi) is 4.10. The summed E-state index contributed by atoms with van der Waals surface area (Å²) in [4.78, 5) is 14.3. The van der Waals surface area contributed by atoms with Crippen molar-refractivity contribution in [3.63, 3.8) is 0 Å². The first-order valence-corrected chi connectivity index (χ1v) is 9.28. The maximum absolute atomic E-state index is 12.4. The molecule has 8 heteroatoms. The maximum Gasteiger partial charge on any atom is 0.224 e. The van der Waals surface area contributed by atoms with E-state index in [9.17, 15) is 4.79 Å². The standard InChI is InChI=1S/C18H27N7O/c1-10-17(11(2)24(5)22-10)18-14(8-16(26)23(18)4)19-9-15-21-20-12(3)25(15)13-6-7-13/h13-14,18-19H,6-9H2,1-5H3/t14-,18-/m1/s1. The molecule has 1 saturated heterocycles. The van der Waals surface area contributed by atoms with E-state index in [1.54, 1.807) is 0 Å². The topological polar surface area (TPSA) is 80.9 Å². The van der Waals surface area contributed by atoms with Gasteiger partial charge in [0.2, 0.25) is 5.91 Å². The van der Waals surface area contributed by atoms with Crippen molar-refractivity contribution >= 4 is 5.91 Å². The summed E-state index contributed by atoms with van der Waals surface area (Å²) in [6.45, 7) is 6.71. The van der Waals surface area contributed by atoms with Crippen LogP contribution < -0.4 is 5.32 Å². The van der Waals surface area contributed by atoms with Gasteiger partial charge in [0.05, 0.1) is 18.3 Å². The Morgan fingerprint density at radius 1 is 1.15 bits per heavy atom. The third-order valence-corrected chi connectivity index (χ3v) is 5.82. The number of rotatable bonds is 5. The summed E-state index contributed by atoms with van der Waals surface area (Å²) in [6.07, 6.45) is 2.89. The number of amides is 1. The Morgan fingerprint density at radius 2 is 1.88 bits per heavy atom. The maximum atomic E-state index is 12.4. The van der Waals surface area contributed by atoms with Crippen LogP contribution in [0, 0.1) is 20.8 Å². The van der Waals surface area contributed by atoms with Gasteiger partial charge in [-0.1, -0.05) is 0 Å². The third-order valence-electron chi connectivity index (χ3n) is 5.82. The molecule has 0 unspecified atom stereocenters. The van der Waals surface area contributed by atoms with Gasteiger partial charge in [-0.2, -0.15) is 5.10 Å². The fraction of sp³-hybridized carbons (Fsp3) is 0.667. The Labute approximate surface area is 153 Å². The molecule has 0 radical (unpaired) electrons. The second-order valence-electron chi connectivity index (χ2n) is 7.61. The lowest BCUT2D eigenvalue weighted by Gasteiger charge is -2.26. The van der Waals surface area contributed by atoms with Crippen molar-refractivity contribution in [2.24, 2.45) is 7.05 Å². The summed E-state index contributed by atoms with van der Waals surface area (Å²) in [5.41, 5.74) is 3.25. The van der Waals surface area contributed by atoms with Gasteiger partial charge in [-0.05, 0) is 33.6 Å². The molecule has 2 aliphatic rings. The highest BCUT2D eigenvalue weighted by Crippen LogP contribution is 2.37. The lowest BCUT2D eigenvalue weighted by Crippen LogP contribution is -2.36. The molecule has 1 N–H and O–H groups in total. The second kappa shape index (κ2) is 6.19. The van der Waals surface area contributed by atoms with Crippen LogP contribution in [0.15, 0.2) is 0 Å². The van der Waals surface area contributed by atoms with Gasteiger partial charge in [0.15, 0.2) is 0 Å². The number of aromatic nitrogens is 5. The SMILES string of the molecule is Cc1nn(C)c(C)c1[C@H]1[C@H](NCc2nnc(C)n2C2CC2)CC(=O)N1C. The molecule has 1 aliphatic carbocycles. The minimum Gasteiger partial charge on any atom is -0.337 e. The Hall–Kier alpha value is -2.22. The Balaban J connectivity index is 1.58. The van der Waals surface area contributed by atoms with Crippen molar-refractivity contribution in [3.05, 3.63) is 28.6 Å². The molecule has 26 heavy (non-hydrogen) atoms. The fourth-order valence-electron chi connectivity index (χ4n) is 4.23. The molecular formula is C18H27N7O. The van der Waals surface area contributed by atoms with Gasteiger partial charge < -0.3 is 14.8 Å². The number of likely N-dealkylation sites (N-methyl/N-ethyl adjacent to an activating group) is 1. The predicted molar refractivity (Wildman–Crippen MR) is 96.5 cm³/mol. The molecule has 1 saturated carbocycles. The molecule has 1 aliphatic heterocycles. The van der Waals surface area contributed by atoms with Gasteiger partial charge in [0.1, 0.15) is 11.6 Å². The summed E-state index contributed by atoms with van der Waals surface area (Å²) < 4.78 is 4.13. The first-order chi connectivity index (χ1) is 12.4. The van der Waals surface area contributed by atoms with Gasteiger partial charge in [-0.25, -0.2) is 0 Å². The molecule has 140 valence electrons. The van der Waals surface area contributed by atoms with Crippen LogP contribution in [0.5, 0.6) is 0 Å². The van der Waals surface area contributed by atoms with Gasteiger partial charge in [0, 0.05) is 43.9 Å². The minimum atomic E-state index is -0.00501. The van der Waals surface area contributed by atoms with Gasteiger partial charge >= 0.3 is 0 Å². The van der Waals surface area contributed by atoms with Crippen LogP contribution in [0.2, 0.25) is 0 Å². The molecule has 4 rings (SSSR count). The number of carbonyl (C=O) groups excluding carboxylic acids is 1. The molecule has 2 fully saturated rings. The van der Waals surface area contributed by atoms with Crippen molar-refractivity contribution < 1.29 is 4.79 Å². The van der Waals surface area contributed by atoms with Crippen LogP contribution in [0.3, 0.4) is 0 Å². The van der Waals surface area contributed by atoms with E-state index in [1.165, 1.54) is 12.8 Å². The monoisotopic (exact) mass is 357 g/mol. The number of aryl methyl sites for hydroxylation is 3. The number of hydrogen-bond donors (Lipinski definition) is 1. The van der Waals surface area contributed by atoms with E-state index in [-0.39, 0.29) is 18.0 Å². The molecule has 2 atom stereocenters. The van der Waals surface area contributed by atoms with E-state index < -0.39 is 0 Å². The molecular weight excluding hydrogens is 330 g/mol. The largest absolute Gasteiger partial charge is 0.337 e. The van der Waals surface area contributed by atoms with Crippen LogP contribution in [-0.4, -0.2) is 48.4 Å². The Morgan fingerprint density at radius 3 is 2.50 bits per heavy atom. The third kappa shape index (κ3) is 2.72. The van der Waals surface area contributed by atoms with E-state index in [1.807, 2.05) is 37.5 Å². The average molecular weight is 357 g/mol. The number of nitrogens with zero attached hydrogens (tertiary/aromatic N) is 6.